The number of ether oxygens (including phenoxy) is 1. The van der Waals surface area contributed by atoms with Crippen LogP contribution >= 0.6 is 0 Å². The molecule has 0 aliphatic carbocycles. The second-order valence-corrected chi connectivity index (χ2v) is 7.58. The van der Waals surface area contributed by atoms with Crippen molar-refractivity contribution in [2.75, 3.05) is 31.8 Å². The van der Waals surface area contributed by atoms with Gasteiger partial charge in [0.2, 0.25) is 5.82 Å². The Balaban J connectivity index is 1.58. The molecule has 0 radical (unpaired) electrons. The summed E-state index contributed by atoms with van der Waals surface area (Å²) in [6.07, 6.45) is 0. The normalized spacial score (nSPS) is 10.4. The third-order valence-electron chi connectivity index (χ3n) is 5.06. The summed E-state index contributed by atoms with van der Waals surface area (Å²) >= 11 is 0. The number of amides is 3. The van der Waals surface area contributed by atoms with Gasteiger partial charge >= 0.3 is 6.03 Å². The van der Waals surface area contributed by atoms with Gasteiger partial charge in [-0.2, -0.15) is 5.21 Å². The Kier molecular flexibility index (Phi) is 6.49. The summed E-state index contributed by atoms with van der Waals surface area (Å²) in [6, 6.07) is 19.3. The molecule has 0 unspecified atom stereocenters. The number of H-pyrrole nitrogens is 1. The molecule has 4 aromatic rings. The number of benzene rings is 3. The molecule has 34 heavy (non-hydrogen) atoms. The van der Waals surface area contributed by atoms with E-state index >= 15 is 0 Å². The van der Waals surface area contributed by atoms with Gasteiger partial charge in [-0.15, -0.1) is 10.2 Å². The first-order valence-electron chi connectivity index (χ1n) is 10.4. The van der Waals surface area contributed by atoms with Crippen LogP contribution in [0.4, 0.5) is 16.2 Å². The summed E-state index contributed by atoms with van der Waals surface area (Å²) in [5.41, 5.74) is 4.12. The molecule has 3 N–H and O–H groups in total. The number of aromatic amines is 1. The van der Waals surface area contributed by atoms with Crippen LogP contribution in [0.1, 0.15) is 10.4 Å². The molecule has 0 saturated heterocycles. The van der Waals surface area contributed by atoms with E-state index in [1.807, 2.05) is 18.2 Å². The molecule has 0 aliphatic heterocycles. The molecule has 3 amide bonds. The predicted molar refractivity (Wildman–Crippen MR) is 129 cm³/mol. The van der Waals surface area contributed by atoms with Crippen LogP contribution in [0.3, 0.4) is 0 Å². The largest absolute Gasteiger partial charge is 0.497 e. The van der Waals surface area contributed by atoms with E-state index in [-0.39, 0.29) is 5.91 Å². The van der Waals surface area contributed by atoms with Crippen molar-refractivity contribution in [3.63, 3.8) is 0 Å². The number of carbonyl (C=O) groups excluding carboxylic acids is 2. The highest BCUT2D eigenvalue weighted by Gasteiger charge is 2.15. The van der Waals surface area contributed by atoms with Crippen molar-refractivity contribution in [1.29, 1.82) is 0 Å². The maximum atomic E-state index is 12.5. The van der Waals surface area contributed by atoms with E-state index in [0.717, 1.165) is 11.1 Å². The summed E-state index contributed by atoms with van der Waals surface area (Å²) in [5.74, 6) is 1.00. The first-order chi connectivity index (χ1) is 16.4. The maximum Gasteiger partial charge on any atom is 0.323 e. The van der Waals surface area contributed by atoms with Gasteiger partial charge in [0.25, 0.3) is 5.91 Å². The minimum absolute atomic E-state index is 0.0765. The van der Waals surface area contributed by atoms with E-state index < -0.39 is 6.03 Å². The number of rotatable bonds is 6. The van der Waals surface area contributed by atoms with Gasteiger partial charge in [-0.05, 0) is 64.9 Å². The molecular formula is C24H23N7O3. The number of hydrogen-bond donors (Lipinski definition) is 3. The number of hydrogen-bond acceptors (Lipinski definition) is 6. The summed E-state index contributed by atoms with van der Waals surface area (Å²) in [5, 5.41) is 19.9. The first kappa shape index (κ1) is 22.5. The highest BCUT2D eigenvalue weighted by molar-refractivity contribution is 6.01. The number of anilines is 2. The molecule has 10 nitrogen and oxygen atoms in total. The SMILES string of the molecule is COc1ccc(NC(=O)Nc2ccc(-c3ccc(C(=O)N(C)C)cc3)c(-c3nn[nH]n3)c2)cc1. The van der Waals surface area contributed by atoms with Crippen LogP contribution < -0.4 is 15.4 Å². The predicted octanol–water partition coefficient (Wildman–Crippen LogP) is 3.89. The van der Waals surface area contributed by atoms with Gasteiger partial charge in [-0.1, -0.05) is 18.2 Å². The summed E-state index contributed by atoms with van der Waals surface area (Å²) in [6.45, 7) is 0. The number of urea groups is 1. The van der Waals surface area contributed by atoms with Crippen molar-refractivity contribution in [3.05, 3.63) is 72.3 Å². The Morgan fingerprint density at radius 2 is 1.56 bits per heavy atom. The third kappa shape index (κ3) is 5.01. The Morgan fingerprint density at radius 3 is 2.18 bits per heavy atom. The van der Waals surface area contributed by atoms with Gasteiger partial charge < -0.3 is 20.3 Å². The molecule has 1 heterocycles. The highest BCUT2D eigenvalue weighted by Crippen LogP contribution is 2.32. The van der Waals surface area contributed by atoms with E-state index in [1.54, 1.807) is 69.7 Å². The minimum Gasteiger partial charge on any atom is -0.497 e. The number of tetrazole rings is 1. The molecule has 10 heteroatoms. The monoisotopic (exact) mass is 457 g/mol. The lowest BCUT2D eigenvalue weighted by Gasteiger charge is -2.13. The van der Waals surface area contributed by atoms with Crippen LogP contribution in [0.15, 0.2) is 66.7 Å². The summed E-state index contributed by atoms with van der Waals surface area (Å²) in [7, 11) is 5.00. The molecule has 0 spiro atoms. The van der Waals surface area contributed by atoms with Crippen molar-refractivity contribution in [3.8, 4) is 28.3 Å². The maximum absolute atomic E-state index is 12.5. The number of aromatic nitrogens is 4. The van der Waals surface area contributed by atoms with E-state index in [2.05, 4.69) is 31.3 Å². The number of methoxy groups -OCH3 is 1. The number of nitrogens with zero attached hydrogens (tertiary/aromatic N) is 4. The second kappa shape index (κ2) is 9.82. The van der Waals surface area contributed by atoms with E-state index in [4.69, 9.17) is 4.74 Å². The van der Waals surface area contributed by atoms with Crippen molar-refractivity contribution >= 4 is 23.3 Å². The van der Waals surface area contributed by atoms with Crippen molar-refractivity contribution in [2.24, 2.45) is 0 Å². The number of nitrogens with one attached hydrogen (secondary N) is 3. The van der Waals surface area contributed by atoms with E-state index in [9.17, 15) is 9.59 Å². The fourth-order valence-electron chi connectivity index (χ4n) is 3.35. The molecule has 4 rings (SSSR count). The Labute approximate surface area is 195 Å². The van der Waals surface area contributed by atoms with E-state index in [0.29, 0.717) is 34.1 Å². The topological polar surface area (TPSA) is 125 Å². The van der Waals surface area contributed by atoms with Crippen molar-refractivity contribution in [1.82, 2.24) is 25.5 Å². The van der Waals surface area contributed by atoms with Crippen molar-refractivity contribution in [2.45, 2.75) is 0 Å². The zero-order chi connectivity index (χ0) is 24.1. The van der Waals surface area contributed by atoms with Crippen molar-refractivity contribution < 1.29 is 14.3 Å². The Hall–Kier alpha value is -4.73. The average molecular weight is 457 g/mol. The summed E-state index contributed by atoms with van der Waals surface area (Å²) < 4.78 is 5.13. The van der Waals surface area contributed by atoms with Gasteiger partial charge in [0.1, 0.15) is 5.75 Å². The summed E-state index contributed by atoms with van der Waals surface area (Å²) in [4.78, 5) is 26.2. The molecule has 172 valence electrons. The highest BCUT2D eigenvalue weighted by atomic mass is 16.5. The molecular weight excluding hydrogens is 434 g/mol. The lowest BCUT2D eigenvalue weighted by Crippen LogP contribution is -2.21. The van der Waals surface area contributed by atoms with Gasteiger partial charge in [-0.3, -0.25) is 4.79 Å². The van der Waals surface area contributed by atoms with Crippen LogP contribution in [0.25, 0.3) is 22.5 Å². The fourth-order valence-corrected chi connectivity index (χ4v) is 3.35. The molecule has 0 bridgehead atoms. The van der Waals surface area contributed by atoms with Crippen LogP contribution in [0.2, 0.25) is 0 Å². The fraction of sp³-hybridized carbons (Fsp3) is 0.125. The molecule has 3 aromatic carbocycles. The molecule has 0 fully saturated rings. The van der Waals surface area contributed by atoms with Crippen LogP contribution in [0, 0.1) is 0 Å². The lowest BCUT2D eigenvalue weighted by molar-refractivity contribution is 0.0827. The smallest absolute Gasteiger partial charge is 0.323 e. The van der Waals surface area contributed by atoms with Gasteiger partial charge in [0, 0.05) is 36.6 Å². The Morgan fingerprint density at radius 1 is 0.882 bits per heavy atom. The zero-order valence-electron chi connectivity index (χ0n) is 18.9. The molecule has 0 atom stereocenters. The van der Waals surface area contributed by atoms with Crippen LogP contribution in [-0.2, 0) is 0 Å². The molecule has 0 saturated carbocycles. The number of carbonyl (C=O) groups is 2. The Bertz CT molecular complexity index is 1290. The molecule has 1 aromatic heterocycles. The van der Waals surface area contributed by atoms with Gasteiger partial charge in [-0.25, -0.2) is 4.79 Å². The second-order valence-electron chi connectivity index (χ2n) is 7.58. The third-order valence-corrected chi connectivity index (χ3v) is 5.06. The molecule has 0 aliphatic rings. The first-order valence-corrected chi connectivity index (χ1v) is 10.4. The average Bonchev–Trinajstić information content (AvgIpc) is 3.39. The lowest BCUT2D eigenvalue weighted by atomic mass is 9.97. The zero-order valence-corrected chi connectivity index (χ0v) is 18.9. The quantitative estimate of drug-likeness (QED) is 0.403. The standard InChI is InChI=1S/C24H23N7O3/c1-31(2)23(32)16-6-4-15(5-7-16)20-13-10-18(14-21(20)22-27-29-30-28-22)26-24(33)25-17-8-11-19(34-3)12-9-17/h4-14H,1-3H3,(H2,25,26,33)(H,27,28,29,30). The van der Waals surface area contributed by atoms with Gasteiger partial charge in [0.15, 0.2) is 0 Å². The van der Waals surface area contributed by atoms with Gasteiger partial charge in [0.05, 0.1) is 7.11 Å². The van der Waals surface area contributed by atoms with Crippen LogP contribution in [-0.4, -0.2) is 58.7 Å². The van der Waals surface area contributed by atoms with Crippen LogP contribution in [0.5, 0.6) is 5.75 Å². The minimum atomic E-state index is -0.400. The van der Waals surface area contributed by atoms with E-state index in [1.165, 1.54) is 4.90 Å².